The Bertz CT molecular complexity index is 1730. The highest BCUT2D eigenvalue weighted by molar-refractivity contribution is 7.90. The number of carbonyl (C=O) groups is 1. The standard InChI is InChI=1S/C27H30FN7O4S/c1-15-30-25-20(31-19-8-7-16(10-22(19)40(3,37)38)21-13-34(2)14-29-21)12-23(33-27(36)17-11-18(17)28)32-26(25)35(15)24-6-4-5-9-39-24/h7-8,10,12-14,17-18,24H,4-6,9,11H2,1-3H3,(H2,31,32,33,36)/t17-,18?,24?/m0/s1. The van der Waals surface area contributed by atoms with E-state index in [0.29, 0.717) is 46.2 Å². The van der Waals surface area contributed by atoms with Crippen LogP contribution in [0.4, 0.5) is 21.6 Å². The van der Waals surface area contributed by atoms with Gasteiger partial charge >= 0.3 is 0 Å². The third-order valence-corrected chi connectivity index (χ3v) is 8.36. The topological polar surface area (TPSA) is 133 Å². The number of pyridine rings is 1. The highest BCUT2D eigenvalue weighted by Gasteiger charge is 2.43. The van der Waals surface area contributed by atoms with Crippen LogP contribution in [-0.4, -0.2) is 57.4 Å². The number of carbonyl (C=O) groups excluding carboxylic acids is 1. The highest BCUT2D eigenvalue weighted by Crippen LogP contribution is 2.37. The molecule has 3 aromatic heterocycles. The number of rotatable bonds is 7. The lowest BCUT2D eigenvalue weighted by Crippen LogP contribution is -2.20. The zero-order valence-corrected chi connectivity index (χ0v) is 23.2. The van der Waals surface area contributed by atoms with E-state index in [1.54, 1.807) is 41.4 Å². The first kappa shape index (κ1) is 26.4. The summed E-state index contributed by atoms with van der Waals surface area (Å²) in [5, 5.41) is 5.96. The Hall–Kier alpha value is -3.84. The van der Waals surface area contributed by atoms with Gasteiger partial charge in [0.2, 0.25) is 5.91 Å². The van der Waals surface area contributed by atoms with Gasteiger partial charge in [-0.25, -0.2) is 27.8 Å². The first-order valence-corrected chi connectivity index (χ1v) is 15.0. The molecule has 1 amide bonds. The zero-order valence-electron chi connectivity index (χ0n) is 22.4. The lowest BCUT2D eigenvalue weighted by Gasteiger charge is -2.25. The van der Waals surface area contributed by atoms with Crippen molar-refractivity contribution in [2.24, 2.45) is 13.0 Å². The molecule has 1 aromatic carbocycles. The van der Waals surface area contributed by atoms with Gasteiger partial charge in [0, 0.05) is 37.7 Å². The molecular formula is C27H30FN7O4S. The molecule has 40 heavy (non-hydrogen) atoms. The molecule has 4 heterocycles. The van der Waals surface area contributed by atoms with Crippen LogP contribution in [0.1, 0.15) is 37.7 Å². The van der Waals surface area contributed by atoms with Crippen molar-refractivity contribution in [1.82, 2.24) is 24.1 Å². The van der Waals surface area contributed by atoms with Crippen molar-refractivity contribution in [3.63, 3.8) is 0 Å². The van der Waals surface area contributed by atoms with Crippen LogP contribution >= 0.6 is 0 Å². The summed E-state index contributed by atoms with van der Waals surface area (Å²) in [5.41, 5.74) is 3.04. The van der Waals surface area contributed by atoms with Gasteiger partial charge in [0.1, 0.15) is 29.6 Å². The summed E-state index contributed by atoms with van der Waals surface area (Å²) in [7, 11) is -1.82. The molecule has 2 N–H and O–H groups in total. The molecule has 2 fully saturated rings. The van der Waals surface area contributed by atoms with Gasteiger partial charge in [0.05, 0.1) is 34.2 Å². The van der Waals surface area contributed by atoms with Crippen LogP contribution in [0.15, 0.2) is 41.7 Å². The number of aryl methyl sites for hydroxylation is 2. The maximum Gasteiger partial charge on any atom is 0.231 e. The fourth-order valence-corrected chi connectivity index (χ4v) is 5.92. The van der Waals surface area contributed by atoms with Gasteiger partial charge < -0.3 is 19.9 Å². The molecule has 1 aliphatic carbocycles. The summed E-state index contributed by atoms with van der Waals surface area (Å²) >= 11 is 0. The zero-order chi connectivity index (χ0) is 28.2. The number of sulfone groups is 1. The van der Waals surface area contributed by atoms with E-state index >= 15 is 0 Å². The Labute approximate surface area is 230 Å². The van der Waals surface area contributed by atoms with E-state index in [2.05, 4.69) is 20.6 Å². The minimum Gasteiger partial charge on any atom is -0.358 e. The molecule has 0 bridgehead atoms. The molecule has 4 aromatic rings. The minimum absolute atomic E-state index is 0.0798. The molecule has 210 valence electrons. The Balaban J connectivity index is 1.45. The number of benzene rings is 1. The van der Waals surface area contributed by atoms with Crippen LogP contribution in [-0.2, 0) is 26.4 Å². The second kappa shape index (κ2) is 9.97. The average Bonchev–Trinajstić information content (AvgIpc) is 3.33. The molecule has 2 unspecified atom stereocenters. The summed E-state index contributed by atoms with van der Waals surface area (Å²) in [4.78, 5) is 26.4. The number of halogens is 1. The van der Waals surface area contributed by atoms with Gasteiger partial charge in [-0.1, -0.05) is 6.07 Å². The van der Waals surface area contributed by atoms with Crippen LogP contribution in [0.5, 0.6) is 0 Å². The van der Waals surface area contributed by atoms with Crippen molar-refractivity contribution >= 4 is 44.1 Å². The first-order valence-electron chi connectivity index (χ1n) is 13.1. The number of nitrogens with one attached hydrogen (secondary N) is 2. The van der Waals surface area contributed by atoms with E-state index < -0.39 is 27.8 Å². The highest BCUT2D eigenvalue weighted by atomic mass is 32.2. The first-order chi connectivity index (χ1) is 19.1. The Morgan fingerprint density at radius 1 is 1.18 bits per heavy atom. The summed E-state index contributed by atoms with van der Waals surface area (Å²) in [5.74, 6) is -0.264. The molecule has 2 aliphatic rings. The quantitative estimate of drug-likeness (QED) is 0.338. The van der Waals surface area contributed by atoms with E-state index in [1.165, 1.54) is 0 Å². The van der Waals surface area contributed by atoms with Gasteiger partial charge in [-0.15, -0.1) is 0 Å². The Morgan fingerprint density at radius 2 is 1.98 bits per heavy atom. The number of anilines is 3. The number of nitrogens with zero attached hydrogens (tertiary/aromatic N) is 5. The van der Waals surface area contributed by atoms with Crippen molar-refractivity contribution in [2.45, 2.75) is 49.9 Å². The second-order valence-corrected chi connectivity index (χ2v) is 12.4. The third-order valence-electron chi connectivity index (χ3n) is 7.22. The van der Waals surface area contributed by atoms with Crippen molar-refractivity contribution in [2.75, 3.05) is 23.5 Å². The molecule has 11 nitrogen and oxygen atoms in total. The predicted octanol–water partition coefficient (Wildman–Crippen LogP) is 4.28. The SMILES string of the molecule is Cc1nc2c(Nc3ccc(-c4cn(C)cn4)cc3S(C)(=O)=O)cc(NC(=O)[C@H]3CC3F)nc2n1C1CCCCO1. The lowest BCUT2D eigenvalue weighted by molar-refractivity contribution is -0.117. The largest absolute Gasteiger partial charge is 0.358 e. The van der Waals surface area contributed by atoms with Crippen LogP contribution in [0.2, 0.25) is 0 Å². The van der Waals surface area contributed by atoms with Gasteiger partial charge in [0.15, 0.2) is 15.5 Å². The number of amides is 1. The van der Waals surface area contributed by atoms with Crippen LogP contribution in [0.25, 0.3) is 22.4 Å². The number of hydrogen-bond donors (Lipinski definition) is 2. The average molecular weight is 568 g/mol. The third kappa shape index (κ3) is 5.06. The molecule has 0 radical (unpaired) electrons. The summed E-state index contributed by atoms with van der Waals surface area (Å²) < 4.78 is 49.0. The molecule has 1 saturated heterocycles. The molecule has 1 saturated carbocycles. The van der Waals surface area contributed by atoms with Crippen molar-refractivity contribution in [3.8, 4) is 11.3 Å². The number of ether oxygens (including phenoxy) is 1. The molecule has 0 spiro atoms. The minimum atomic E-state index is -3.66. The predicted molar refractivity (Wildman–Crippen MR) is 148 cm³/mol. The fourth-order valence-electron chi connectivity index (χ4n) is 5.06. The summed E-state index contributed by atoms with van der Waals surface area (Å²) in [6.45, 7) is 2.47. The molecule has 13 heteroatoms. The number of aromatic nitrogens is 5. The lowest BCUT2D eigenvalue weighted by atomic mass is 10.1. The van der Waals surface area contributed by atoms with Crippen molar-refractivity contribution in [1.29, 1.82) is 0 Å². The van der Waals surface area contributed by atoms with E-state index in [-0.39, 0.29) is 23.4 Å². The Morgan fingerprint density at radius 3 is 2.62 bits per heavy atom. The van der Waals surface area contributed by atoms with E-state index in [9.17, 15) is 17.6 Å². The molecule has 1 aliphatic heterocycles. The van der Waals surface area contributed by atoms with Gasteiger partial charge in [-0.2, -0.15) is 0 Å². The van der Waals surface area contributed by atoms with Gasteiger partial charge in [-0.3, -0.25) is 9.36 Å². The maximum atomic E-state index is 13.6. The fraction of sp³-hybridized carbons (Fsp3) is 0.407. The number of hydrogen-bond acceptors (Lipinski definition) is 8. The number of alkyl halides is 1. The van der Waals surface area contributed by atoms with Gasteiger partial charge in [-0.05, 0) is 44.7 Å². The van der Waals surface area contributed by atoms with E-state index in [1.807, 2.05) is 18.5 Å². The van der Waals surface area contributed by atoms with Crippen LogP contribution < -0.4 is 10.6 Å². The molecular weight excluding hydrogens is 537 g/mol. The van der Waals surface area contributed by atoms with Crippen LogP contribution in [0, 0.1) is 12.8 Å². The molecule has 3 atom stereocenters. The summed E-state index contributed by atoms with van der Waals surface area (Å²) in [6.07, 6.45) is 6.11. The van der Waals surface area contributed by atoms with Gasteiger partial charge in [0.25, 0.3) is 0 Å². The van der Waals surface area contributed by atoms with E-state index in [4.69, 9.17) is 9.72 Å². The number of fused-ring (bicyclic) bond motifs is 1. The van der Waals surface area contributed by atoms with E-state index in [0.717, 1.165) is 25.5 Å². The van der Waals surface area contributed by atoms with Crippen molar-refractivity contribution in [3.05, 3.63) is 42.6 Å². The second-order valence-electron chi connectivity index (χ2n) is 10.5. The smallest absolute Gasteiger partial charge is 0.231 e. The monoisotopic (exact) mass is 567 g/mol. The number of imidazole rings is 2. The Kier molecular flexibility index (Phi) is 6.57. The maximum absolute atomic E-state index is 13.6. The van der Waals surface area contributed by atoms with Crippen LogP contribution in [0.3, 0.4) is 0 Å². The van der Waals surface area contributed by atoms with Crippen molar-refractivity contribution < 1.29 is 22.3 Å². The molecule has 6 rings (SSSR count). The normalized spacial score (nSPS) is 20.9. The summed E-state index contributed by atoms with van der Waals surface area (Å²) in [6, 6.07) is 6.63.